The highest BCUT2D eigenvalue weighted by molar-refractivity contribution is 6.05. The fourth-order valence-corrected chi connectivity index (χ4v) is 5.46. The number of nitrogen functional groups attached to an aromatic ring is 1. The molecule has 3 aromatic heterocycles. The van der Waals surface area contributed by atoms with Crippen LogP contribution in [-0.2, 0) is 7.05 Å². The highest BCUT2D eigenvalue weighted by atomic mass is 16.5. The fraction of sp³-hybridized carbons (Fsp3) is 0.480. The molecule has 4 heterocycles. The number of hydrogen-bond acceptors (Lipinski definition) is 6. The molecule has 1 spiro atoms. The Hall–Kier alpha value is -2.93. The molecule has 6 rings (SSSR count). The van der Waals surface area contributed by atoms with Crippen molar-refractivity contribution in [2.75, 3.05) is 18.8 Å². The predicted molar refractivity (Wildman–Crippen MR) is 126 cm³/mol. The molecule has 1 saturated heterocycles. The van der Waals surface area contributed by atoms with Crippen LogP contribution in [0.5, 0.6) is 5.88 Å². The van der Waals surface area contributed by atoms with Gasteiger partial charge in [-0.1, -0.05) is 6.08 Å². The summed E-state index contributed by atoms with van der Waals surface area (Å²) in [5.41, 5.74) is 12.4. The molecule has 1 aliphatic heterocycles. The van der Waals surface area contributed by atoms with Gasteiger partial charge in [-0.2, -0.15) is 0 Å². The number of nitrogens with one attached hydrogen (secondary N) is 1. The van der Waals surface area contributed by atoms with E-state index in [2.05, 4.69) is 44.0 Å². The van der Waals surface area contributed by atoms with E-state index in [1.807, 2.05) is 12.3 Å². The van der Waals surface area contributed by atoms with Crippen LogP contribution < -0.4 is 15.8 Å². The number of hydrogen-bond donors (Lipinski definition) is 2. The zero-order valence-corrected chi connectivity index (χ0v) is 18.6. The standard InChI is InChI=1S/C25H30N6O/c1-31-22(16-6-8-25(9-7-16)10-12-27-13-11-25)20(21-23(26)29-15-30-24(21)31)17-2-5-19(28-14-17)32-18-3-4-18/h2,5-6,14-15,18,27H,3-4,7-13H2,1H3,(H2,26,29,30). The van der Waals surface area contributed by atoms with Gasteiger partial charge in [-0.15, -0.1) is 0 Å². The normalized spacial score (nSPS) is 20.5. The maximum absolute atomic E-state index is 6.39. The Morgan fingerprint density at radius 3 is 2.66 bits per heavy atom. The number of piperidine rings is 1. The number of nitrogens with zero attached hydrogens (tertiary/aromatic N) is 4. The van der Waals surface area contributed by atoms with Crippen LogP contribution in [0.4, 0.5) is 5.82 Å². The molecule has 3 aliphatic rings. The van der Waals surface area contributed by atoms with E-state index < -0.39 is 0 Å². The summed E-state index contributed by atoms with van der Waals surface area (Å²) in [6.07, 6.45) is 14.5. The van der Waals surface area contributed by atoms with Gasteiger partial charge in [0.25, 0.3) is 0 Å². The minimum absolute atomic E-state index is 0.334. The monoisotopic (exact) mass is 430 g/mol. The third kappa shape index (κ3) is 3.35. The Kier molecular flexibility index (Phi) is 4.68. The topological polar surface area (TPSA) is 90.9 Å². The van der Waals surface area contributed by atoms with E-state index in [4.69, 9.17) is 10.5 Å². The molecular formula is C25H30N6O. The Morgan fingerprint density at radius 1 is 1.12 bits per heavy atom. The van der Waals surface area contributed by atoms with Gasteiger partial charge in [-0.05, 0) is 75.1 Å². The van der Waals surface area contributed by atoms with Crippen molar-refractivity contribution in [2.24, 2.45) is 12.5 Å². The summed E-state index contributed by atoms with van der Waals surface area (Å²) in [6, 6.07) is 4.06. The molecule has 0 atom stereocenters. The van der Waals surface area contributed by atoms with Gasteiger partial charge in [0.05, 0.1) is 11.1 Å². The zero-order valence-electron chi connectivity index (χ0n) is 18.6. The molecule has 0 radical (unpaired) electrons. The van der Waals surface area contributed by atoms with Crippen LogP contribution in [0, 0.1) is 5.41 Å². The minimum atomic E-state index is 0.334. The first-order chi connectivity index (χ1) is 15.6. The van der Waals surface area contributed by atoms with E-state index in [-0.39, 0.29) is 0 Å². The van der Waals surface area contributed by atoms with Crippen molar-refractivity contribution < 1.29 is 4.74 Å². The molecule has 7 nitrogen and oxygen atoms in total. The van der Waals surface area contributed by atoms with E-state index in [0.29, 0.717) is 23.2 Å². The van der Waals surface area contributed by atoms with Crippen LogP contribution in [0.25, 0.3) is 27.7 Å². The average Bonchev–Trinajstić information content (AvgIpc) is 3.58. The van der Waals surface area contributed by atoms with E-state index in [0.717, 1.165) is 60.9 Å². The van der Waals surface area contributed by atoms with Gasteiger partial charge in [-0.3, -0.25) is 0 Å². The number of pyridine rings is 1. The summed E-state index contributed by atoms with van der Waals surface area (Å²) in [5.74, 6) is 1.20. The SMILES string of the molecule is Cn1c(C2=CCC3(CCNCC3)CC2)c(-c2ccc(OC3CC3)nc2)c2c(N)ncnc21. The molecule has 32 heavy (non-hydrogen) atoms. The smallest absolute Gasteiger partial charge is 0.213 e. The van der Waals surface area contributed by atoms with Gasteiger partial charge in [0.15, 0.2) is 0 Å². The van der Waals surface area contributed by atoms with E-state index >= 15 is 0 Å². The molecule has 3 aromatic rings. The molecule has 3 N–H and O–H groups in total. The number of fused-ring (bicyclic) bond motifs is 1. The lowest BCUT2D eigenvalue weighted by atomic mass is 9.68. The lowest BCUT2D eigenvalue weighted by Gasteiger charge is -2.40. The molecule has 0 amide bonds. The van der Waals surface area contributed by atoms with Crippen molar-refractivity contribution in [3.05, 3.63) is 36.4 Å². The minimum Gasteiger partial charge on any atom is -0.474 e. The van der Waals surface area contributed by atoms with Gasteiger partial charge < -0.3 is 20.4 Å². The maximum atomic E-state index is 6.39. The van der Waals surface area contributed by atoms with E-state index in [1.165, 1.54) is 30.5 Å². The van der Waals surface area contributed by atoms with Gasteiger partial charge >= 0.3 is 0 Å². The molecule has 0 unspecified atom stereocenters. The van der Waals surface area contributed by atoms with E-state index in [1.54, 1.807) is 6.33 Å². The fourth-order valence-electron chi connectivity index (χ4n) is 5.46. The number of allylic oxidation sites excluding steroid dienone is 2. The second kappa shape index (κ2) is 7.59. The molecule has 7 heteroatoms. The number of aromatic nitrogens is 4. The number of ether oxygens (including phenoxy) is 1. The summed E-state index contributed by atoms with van der Waals surface area (Å²) in [5, 5.41) is 4.42. The van der Waals surface area contributed by atoms with Crippen molar-refractivity contribution in [3.8, 4) is 17.0 Å². The lowest BCUT2D eigenvalue weighted by molar-refractivity contribution is 0.184. The second-order valence-electron chi connectivity index (χ2n) is 9.63. The maximum Gasteiger partial charge on any atom is 0.213 e. The first kappa shape index (κ1) is 19.7. The molecule has 2 aliphatic carbocycles. The Bertz CT molecular complexity index is 1190. The van der Waals surface area contributed by atoms with Crippen LogP contribution in [0.1, 0.15) is 50.6 Å². The van der Waals surface area contributed by atoms with Gasteiger partial charge in [0, 0.05) is 30.4 Å². The summed E-state index contributed by atoms with van der Waals surface area (Å²) >= 11 is 0. The van der Waals surface area contributed by atoms with Gasteiger partial charge in [0.1, 0.15) is 23.9 Å². The van der Waals surface area contributed by atoms with Crippen LogP contribution in [0.2, 0.25) is 0 Å². The van der Waals surface area contributed by atoms with Crippen LogP contribution in [-0.4, -0.2) is 38.7 Å². The number of anilines is 1. The number of nitrogens with two attached hydrogens (primary N) is 1. The molecule has 0 aromatic carbocycles. The number of aryl methyl sites for hydroxylation is 1. The summed E-state index contributed by atoms with van der Waals surface area (Å²) < 4.78 is 8.04. The highest BCUT2D eigenvalue weighted by Crippen LogP contribution is 2.48. The van der Waals surface area contributed by atoms with Crippen molar-refractivity contribution in [1.29, 1.82) is 0 Å². The van der Waals surface area contributed by atoms with Gasteiger partial charge in [-0.25, -0.2) is 15.0 Å². The van der Waals surface area contributed by atoms with Crippen molar-refractivity contribution in [1.82, 2.24) is 24.8 Å². The number of rotatable bonds is 4. The molecule has 0 bridgehead atoms. The lowest BCUT2D eigenvalue weighted by Crippen LogP contribution is -2.37. The molecular weight excluding hydrogens is 400 g/mol. The molecule has 1 saturated carbocycles. The van der Waals surface area contributed by atoms with Crippen molar-refractivity contribution in [2.45, 2.75) is 51.0 Å². The first-order valence-electron chi connectivity index (χ1n) is 11.8. The second-order valence-corrected chi connectivity index (χ2v) is 9.63. The molecule has 2 fully saturated rings. The van der Waals surface area contributed by atoms with E-state index in [9.17, 15) is 0 Å². The third-order valence-corrected chi connectivity index (χ3v) is 7.51. The highest BCUT2D eigenvalue weighted by Gasteiger charge is 2.35. The Labute approximate surface area is 188 Å². The van der Waals surface area contributed by atoms with Crippen LogP contribution >= 0.6 is 0 Å². The summed E-state index contributed by atoms with van der Waals surface area (Å²) in [6.45, 7) is 2.27. The summed E-state index contributed by atoms with van der Waals surface area (Å²) in [7, 11) is 2.08. The van der Waals surface area contributed by atoms with Crippen LogP contribution in [0.3, 0.4) is 0 Å². The van der Waals surface area contributed by atoms with Crippen molar-refractivity contribution >= 4 is 22.4 Å². The zero-order chi connectivity index (χ0) is 21.7. The van der Waals surface area contributed by atoms with Gasteiger partial charge in [0.2, 0.25) is 5.88 Å². The first-order valence-corrected chi connectivity index (χ1v) is 11.8. The quantitative estimate of drug-likeness (QED) is 0.648. The largest absolute Gasteiger partial charge is 0.474 e. The average molecular weight is 431 g/mol. The predicted octanol–water partition coefficient (Wildman–Crippen LogP) is 4.09. The van der Waals surface area contributed by atoms with Crippen LogP contribution in [0.15, 0.2) is 30.7 Å². The third-order valence-electron chi connectivity index (χ3n) is 7.51. The molecule has 166 valence electrons. The summed E-state index contributed by atoms with van der Waals surface area (Å²) in [4.78, 5) is 13.5. The Morgan fingerprint density at radius 2 is 1.97 bits per heavy atom. The Balaban J connectivity index is 1.45. The van der Waals surface area contributed by atoms with Crippen molar-refractivity contribution in [3.63, 3.8) is 0 Å².